The van der Waals surface area contributed by atoms with E-state index in [1.807, 2.05) is 0 Å². The van der Waals surface area contributed by atoms with E-state index in [-0.39, 0.29) is 3.57 Å². The highest BCUT2D eigenvalue weighted by Crippen LogP contribution is 2.35. The first kappa shape index (κ1) is 12.5. The van der Waals surface area contributed by atoms with Gasteiger partial charge in [-0.15, -0.1) is 6.58 Å². The predicted molar refractivity (Wildman–Crippen MR) is 62.8 cm³/mol. The Morgan fingerprint density at radius 1 is 1.40 bits per heavy atom. The molecule has 0 atom stereocenters. The van der Waals surface area contributed by atoms with Gasteiger partial charge in [0.15, 0.2) is 0 Å². The molecule has 15 heavy (non-hydrogen) atoms. The van der Waals surface area contributed by atoms with Crippen LogP contribution in [-0.2, 0) is 12.6 Å². The van der Waals surface area contributed by atoms with Crippen LogP contribution < -0.4 is 0 Å². The number of rotatable bonds is 2. The Bertz CT molecular complexity index is 380. The second-order valence-electron chi connectivity index (χ2n) is 3.28. The van der Waals surface area contributed by atoms with Crippen molar-refractivity contribution < 1.29 is 13.2 Å². The number of benzene rings is 1. The van der Waals surface area contributed by atoms with Gasteiger partial charge < -0.3 is 0 Å². The van der Waals surface area contributed by atoms with Crippen LogP contribution in [0.4, 0.5) is 13.2 Å². The maximum absolute atomic E-state index is 12.6. The van der Waals surface area contributed by atoms with Gasteiger partial charge in [-0.1, -0.05) is 17.7 Å². The number of allylic oxidation sites excluding steroid dienone is 1. The molecule has 0 heterocycles. The van der Waals surface area contributed by atoms with E-state index in [0.29, 0.717) is 17.5 Å². The van der Waals surface area contributed by atoms with Crippen molar-refractivity contribution in [2.75, 3.05) is 0 Å². The van der Waals surface area contributed by atoms with Crippen LogP contribution in [0.5, 0.6) is 0 Å². The van der Waals surface area contributed by atoms with Crippen molar-refractivity contribution in [3.8, 4) is 0 Å². The lowest BCUT2D eigenvalue weighted by Crippen LogP contribution is -2.09. The number of hydrogen-bond donors (Lipinski definition) is 0. The molecule has 0 amide bonds. The van der Waals surface area contributed by atoms with Crippen LogP contribution in [0.15, 0.2) is 24.8 Å². The van der Waals surface area contributed by atoms with E-state index < -0.39 is 11.7 Å². The first-order valence-corrected chi connectivity index (χ1v) is 5.41. The number of hydrogen-bond acceptors (Lipinski definition) is 0. The average Bonchev–Trinajstić information content (AvgIpc) is 2.09. The Kier molecular flexibility index (Phi) is 3.81. The molecule has 0 saturated heterocycles. The van der Waals surface area contributed by atoms with Crippen molar-refractivity contribution in [2.45, 2.75) is 19.5 Å². The lowest BCUT2D eigenvalue weighted by molar-refractivity contribution is -0.138. The van der Waals surface area contributed by atoms with Gasteiger partial charge in [0.1, 0.15) is 0 Å². The second kappa shape index (κ2) is 4.55. The van der Waals surface area contributed by atoms with Crippen molar-refractivity contribution >= 4 is 22.6 Å². The quantitative estimate of drug-likeness (QED) is 0.560. The highest BCUT2D eigenvalue weighted by atomic mass is 127. The molecular formula is C11H10F3I. The van der Waals surface area contributed by atoms with Crippen LogP contribution in [0.1, 0.15) is 16.7 Å². The van der Waals surface area contributed by atoms with Crippen LogP contribution >= 0.6 is 22.6 Å². The van der Waals surface area contributed by atoms with Crippen LogP contribution in [-0.4, -0.2) is 0 Å². The number of halogens is 4. The maximum atomic E-state index is 12.6. The van der Waals surface area contributed by atoms with E-state index in [1.165, 1.54) is 6.07 Å². The fourth-order valence-electron chi connectivity index (χ4n) is 1.35. The third-order valence-electron chi connectivity index (χ3n) is 1.96. The second-order valence-corrected chi connectivity index (χ2v) is 4.35. The molecule has 0 aromatic heterocycles. The Labute approximate surface area is 100 Å². The molecule has 0 nitrogen and oxygen atoms in total. The number of aryl methyl sites for hydroxylation is 1. The molecule has 0 N–H and O–H groups in total. The molecule has 0 fully saturated rings. The summed E-state index contributed by atoms with van der Waals surface area (Å²) in [6, 6.07) is 2.94. The zero-order chi connectivity index (χ0) is 11.6. The minimum atomic E-state index is -4.28. The van der Waals surface area contributed by atoms with Crippen LogP contribution in [0.2, 0.25) is 0 Å². The van der Waals surface area contributed by atoms with Gasteiger partial charge in [-0.25, -0.2) is 0 Å². The largest absolute Gasteiger partial charge is 0.417 e. The third kappa shape index (κ3) is 2.96. The normalized spacial score (nSPS) is 11.5. The van der Waals surface area contributed by atoms with Gasteiger partial charge in [0.2, 0.25) is 0 Å². The van der Waals surface area contributed by atoms with E-state index in [4.69, 9.17) is 0 Å². The van der Waals surface area contributed by atoms with Crippen LogP contribution in [0.3, 0.4) is 0 Å². The van der Waals surface area contributed by atoms with E-state index in [2.05, 4.69) is 6.58 Å². The SMILES string of the molecule is C=CCc1cc(C)cc(C(F)(F)F)c1I. The molecule has 0 bridgehead atoms. The van der Waals surface area contributed by atoms with Crippen molar-refractivity contribution in [3.05, 3.63) is 45.0 Å². The minimum Gasteiger partial charge on any atom is -0.166 e. The highest BCUT2D eigenvalue weighted by Gasteiger charge is 2.33. The Balaban J connectivity index is 3.34. The molecular weight excluding hydrogens is 316 g/mol. The Morgan fingerprint density at radius 2 is 2.00 bits per heavy atom. The summed E-state index contributed by atoms with van der Waals surface area (Å²) in [5.41, 5.74) is 0.748. The summed E-state index contributed by atoms with van der Waals surface area (Å²) < 4.78 is 38.1. The maximum Gasteiger partial charge on any atom is 0.417 e. The summed E-state index contributed by atoms with van der Waals surface area (Å²) in [5, 5.41) is 0. The molecule has 0 aliphatic rings. The lowest BCUT2D eigenvalue weighted by Gasteiger charge is -2.13. The molecule has 4 heteroatoms. The number of alkyl halides is 3. The van der Waals surface area contributed by atoms with Gasteiger partial charge in [-0.2, -0.15) is 13.2 Å². The van der Waals surface area contributed by atoms with Gasteiger partial charge in [0.25, 0.3) is 0 Å². The van der Waals surface area contributed by atoms with Gasteiger partial charge in [0.05, 0.1) is 5.56 Å². The third-order valence-corrected chi connectivity index (χ3v) is 3.24. The molecule has 1 rings (SSSR count). The molecule has 0 aliphatic heterocycles. The standard InChI is InChI=1S/C11H10F3I/c1-3-4-8-5-7(2)6-9(10(8)15)11(12,13)14/h3,5-6H,1,4H2,2H3. The zero-order valence-corrected chi connectivity index (χ0v) is 10.3. The molecule has 0 aliphatic carbocycles. The van der Waals surface area contributed by atoms with Crippen molar-refractivity contribution in [2.24, 2.45) is 0 Å². The zero-order valence-electron chi connectivity index (χ0n) is 8.16. The summed E-state index contributed by atoms with van der Waals surface area (Å²) in [6.45, 7) is 5.20. The van der Waals surface area contributed by atoms with Crippen molar-refractivity contribution in [3.63, 3.8) is 0 Å². The molecule has 0 saturated carbocycles. The van der Waals surface area contributed by atoms with Crippen molar-refractivity contribution in [1.82, 2.24) is 0 Å². The monoisotopic (exact) mass is 326 g/mol. The average molecular weight is 326 g/mol. The van der Waals surface area contributed by atoms with Gasteiger partial charge in [0, 0.05) is 3.57 Å². The summed E-state index contributed by atoms with van der Waals surface area (Å²) >= 11 is 1.74. The first-order valence-electron chi connectivity index (χ1n) is 4.33. The van der Waals surface area contributed by atoms with E-state index in [0.717, 1.165) is 0 Å². The Morgan fingerprint density at radius 3 is 2.47 bits per heavy atom. The van der Waals surface area contributed by atoms with Gasteiger partial charge in [-0.05, 0) is 47.6 Å². The molecule has 0 spiro atoms. The smallest absolute Gasteiger partial charge is 0.166 e. The molecule has 82 valence electrons. The van der Waals surface area contributed by atoms with Crippen LogP contribution in [0.25, 0.3) is 0 Å². The minimum absolute atomic E-state index is 0.269. The fraction of sp³-hybridized carbons (Fsp3) is 0.273. The Hall–Kier alpha value is -0.520. The summed E-state index contributed by atoms with van der Waals surface area (Å²) in [6.07, 6.45) is -2.21. The lowest BCUT2D eigenvalue weighted by atomic mass is 10.0. The molecule has 0 unspecified atom stereocenters. The van der Waals surface area contributed by atoms with E-state index in [1.54, 1.807) is 41.7 Å². The summed E-state index contributed by atoms with van der Waals surface area (Å²) in [7, 11) is 0. The van der Waals surface area contributed by atoms with E-state index in [9.17, 15) is 13.2 Å². The summed E-state index contributed by atoms with van der Waals surface area (Å²) in [5.74, 6) is 0. The fourth-order valence-corrected chi connectivity index (χ4v) is 2.19. The topological polar surface area (TPSA) is 0 Å². The van der Waals surface area contributed by atoms with Crippen molar-refractivity contribution in [1.29, 1.82) is 0 Å². The predicted octanol–water partition coefficient (Wildman–Crippen LogP) is 4.35. The highest BCUT2D eigenvalue weighted by molar-refractivity contribution is 14.1. The first-order chi connectivity index (χ1) is 6.86. The molecule has 1 aromatic rings. The molecule has 0 radical (unpaired) electrons. The van der Waals surface area contributed by atoms with E-state index >= 15 is 0 Å². The van der Waals surface area contributed by atoms with Gasteiger partial charge in [-0.3, -0.25) is 0 Å². The molecule has 1 aromatic carbocycles. The van der Waals surface area contributed by atoms with Crippen LogP contribution in [0, 0.1) is 10.5 Å². The summed E-state index contributed by atoms with van der Waals surface area (Å²) in [4.78, 5) is 0. The van der Waals surface area contributed by atoms with Gasteiger partial charge >= 0.3 is 6.18 Å².